The van der Waals surface area contributed by atoms with Crippen molar-refractivity contribution in [2.24, 2.45) is 0 Å². The lowest BCUT2D eigenvalue weighted by molar-refractivity contribution is -0.173. The van der Waals surface area contributed by atoms with Gasteiger partial charge in [-0.25, -0.2) is 33.1 Å². The molecular weight excluding hydrogens is 1240 g/mol. The number of nitrogen functional groups attached to an aromatic ring is 1. The summed E-state index contributed by atoms with van der Waals surface area (Å²) in [5.74, 6) is -3.90. The zero-order chi connectivity index (χ0) is 66.4. The minimum absolute atomic E-state index is 0.00886. The van der Waals surface area contributed by atoms with Crippen LogP contribution in [0.3, 0.4) is 0 Å². The lowest BCUT2D eigenvalue weighted by Gasteiger charge is -2.41. The number of alkyl halides is 3. The predicted molar refractivity (Wildman–Crippen MR) is 329 cm³/mol. The van der Waals surface area contributed by atoms with E-state index >= 15 is 8.78 Å². The highest BCUT2D eigenvalue weighted by Crippen LogP contribution is 2.48. The van der Waals surface area contributed by atoms with E-state index in [4.69, 9.17) is 46.3 Å². The number of nitrogens with one attached hydrogen (secondary N) is 1. The summed E-state index contributed by atoms with van der Waals surface area (Å²) in [6.45, 7) is 9.86. The number of nitrogens with zero attached hydrogens (tertiary/aromatic N) is 10. The zero-order valence-electron chi connectivity index (χ0n) is 51.9. The number of carbonyl (C=O) groups excluding carboxylic acids is 5. The van der Waals surface area contributed by atoms with Crippen molar-refractivity contribution in [3.63, 3.8) is 0 Å². The fraction of sp³-hybridized carbons (Fsp3) is 0.469. The van der Waals surface area contributed by atoms with E-state index in [0.29, 0.717) is 53.5 Å². The Kier molecular flexibility index (Phi) is 17.0. The van der Waals surface area contributed by atoms with E-state index in [0.717, 1.165) is 31.0 Å². The van der Waals surface area contributed by atoms with Gasteiger partial charge >= 0.3 is 30.3 Å². The van der Waals surface area contributed by atoms with E-state index in [1.165, 1.54) is 45.4 Å². The number of halogens is 6. The number of carbonyl (C=O) groups is 5. The Hall–Kier alpha value is -8.76. The lowest BCUT2D eigenvalue weighted by Crippen LogP contribution is -2.54. The van der Waals surface area contributed by atoms with E-state index in [-0.39, 0.29) is 120 Å². The molecule has 4 aromatic heterocycles. The normalized spacial score (nSPS) is 21.0. The summed E-state index contributed by atoms with van der Waals surface area (Å²) >= 11 is 6.72. The highest BCUT2D eigenvalue weighted by Gasteiger charge is 2.52. The molecule has 1 aliphatic carbocycles. The number of hydrogen-bond donors (Lipinski definition) is 3. The number of rotatable bonds is 14. The standard InChI is InChI=1S/C64H68ClF5N12O11/c1-8-63(40-21-45-53-38(25-82(45)58(86)39(40)29-90-59(63)87)49-43(72-47(84)26-83)14-13-36-33(5)42(66)22-44(73-53)48(36)49)93-61(88)78(7)24-34-11-10-16-81(34)62(89)92-27-31(3)57(85)79-17-18-80(32(4)23-79)56-37-20-41(65)50(55-51(64(68,69)70)30(2)19-46(71)74-55)52(67)54(37)75-60(76-56)91-28-35-12-9-15-77(35)6/h19-22,32,34-35,43,83H,3,8-18,23-29H2,1-2,4-7H3,(H2,71,74)(H,72,84). The number of benzene rings is 2. The third-order valence-electron chi connectivity index (χ3n) is 19.0. The molecule has 3 fully saturated rings. The molecule has 0 saturated carbocycles. The first-order chi connectivity index (χ1) is 44.2. The molecule has 5 unspecified atom stereocenters. The number of aliphatic hydroxyl groups excluding tert-OH is 1. The SMILES string of the molecule is C=C(COC(=O)N1CCCC1CN(C)C(=O)OC1(CC)C(=O)OCc2c1cc1n(c2=O)Cc2c-1nc1cc(F)c(C)c3c1c2C(NC(=O)CO)CC3)C(=O)N1CCN(c2nc(OCC3CCCN3C)nc3c(F)c(-c4nc(N)cc(C)c4C(F)(F)F)c(Cl)cc23)C(C)C1. The second-order valence-corrected chi connectivity index (χ2v) is 25.1. The molecule has 29 heteroatoms. The van der Waals surface area contributed by atoms with Crippen molar-refractivity contribution >= 4 is 75.0 Å². The largest absolute Gasteiger partial charge is 0.462 e. The Balaban J connectivity index is 0.721. The van der Waals surface area contributed by atoms with Crippen LogP contribution in [0.1, 0.15) is 103 Å². The van der Waals surface area contributed by atoms with Gasteiger partial charge in [0.15, 0.2) is 5.82 Å². The Morgan fingerprint density at radius 1 is 0.968 bits per heavy atom. The average Bonchev–Trinajstić information content (AvgIpc) is 1.63. The van der Waals surface area contributed by atoms with Crippen molar-refractivity contribution in [3.8, 4) is 28.7 Å². The molecule has 5 aliphatic heterocycles. The van der Waals surface area contributed by atoms with Gasteiger partial charge in [-0.15, -0.1) is 0 Å². The van der Waals surface area contributed by atoms with Crippen LogP contribution in [-0.2, 0) is 59.9 Å². The van der Waals surface area contributed by atoms with Gasteiger partial charge < -0.3 is 64.2 Å². The van der Waals surface area contributed by atoms with Crippen LogP contribution in [-0.4, -0.2) is 170 Å². The molecule has 0 radical (unpaired) electrons. The van der Waals surface area contributed by atoms with Crippen LogP contribution in [0.5, 0.6) is 6.01 Å². The number of nitrogens with two attached hydrogens (primary N) is 1. The van der Waals surface area contributed by atoms with Crippen molar-refractivity contribution in [3.05, 3.63) is 108 Å². The molecule has 12 rings (SSSR count). The monoisotopic (exact) mass is 1310 g/mol. The predicted octanol–water partition coefficient (Wildman–Crippen LogP) is 7.77. The van der Waals surface area contributed by atoms with Crippen LogP contribution in [0.25, 0.3) is 44.5 Å². The first-order valence-electron chi connectivity index (χ1n) is 30.7. The lowest BCUT2D eigenvalue weighted by atomic mass is 9.81. The van der Waals surface area contributed by atoms with Crippen molar-refractivity contribution in [2.75, 3.05) is 83.8 Å². The number of likely N-dealkylation sites (tertiary alicyclic amines) is 2. The number of likely N-dealkylation sites (N-methyl/N-ethyl adjacent to an activating group) is 2. The third-order valence-corrected chi connectivity index (χ3v) is 19.3. The van der Waals surface area contributed by atoms with Crippen LogP contribution in [0.2, 0.25) is 5.02 Å². The number of aliphatic hydroxyl groups is 1. The molecule has 4 amide bonds. The summed E-state index contributed by atoms with van der Waals surface area (Å²) < 4.78 is 101. The molecule has 6 aliphatic rings. The maximum atomic E-state index is 17.1. The molecule has 23 nitrogen and oxygen atoms in total. The average molecular weight is 1310 g/mol. The van der Waals surface area contributed by atoms with Crippen molar-refractivity contribution < 1.29 is 70.0 Å². The number of esters is 1. The smallest absolute Gasteiger partial charge is 0.418 e. The first kappa shape index (κ1) is 64.3. The van der Waals surface area contributed by atoms with E-state index < -0.39 is 119 Å². The molecular formula is C64H68ClF5N12O11. The van der Waals surface area contributed by atoms with Crippen LogP contribution < -0.4 is 26.2 Å². The second kappa shape index (κ2) is 24.6. The van der Waals surface area contributed by atoms with E-state index in [9.17, 15) is 47.0 Å². The molecule has 2 aromatic carbocycles. The van der Waals surface area contributed by atoms with E-state index in [1.54, 1.807) is 31.7 Å². The molecule has 9 heterocycles. The molecule has 3 saturated heterocycles. The van der Waals surface area contributed by atoms with E-state index in [2.05, 4.69) is 26.8 Å². The Morgan fingerprint density at radius 3 is 2.43 bits per heavy atom. The topological polar surface area (TPSA) is 270 Å². The summed E-state index contributed by atoms with van der Waals surface area (Å²) in [5.41, 5.74) is 3.22. The summed E-state index contributed by atoms with van der Waals surface area (Å²) in [7, 11) is 3.36. The number of aromatic nitrogens is 5. The highest BCUT2D eigenvalue weighted by atomic mass is 35.5. The third kappa shape index (κ3) is 11.3. The van der Waals surface area contributed by atoms with Crippen LogP contribution in [0.15, 0.2) is 41.2 Å². The van der Waals surface area contributed by atoms with Crippen molar-refractivity contribution in [1.82, 2.24) is 49.4 Å². The number of pyridine rings is 3. The number of piperazine rings is 1. The number of anilines is 2. The fourth-order valence-electron chi connectivity index (χ4n) is 14.2. The Morgan fingerprint density at radius 2 is 1.72 bits per heavy atom. The van der Waals surface area contributed by atoms with Gasteiger partial charge in [0.1, 0.15) is 49.4 Å². The molecule has 93 heavy (non-hydrogen) atoms. The number of ether oxygens (including phenoxy) is 4. The van der Waals surface area contributed by atoms with Gasteiger partial charge in [-0.1, -0.05) is 25.1 Å². The zero-order valence-corrected chi connectivity index (χ0v) is 52.7. The van der Waals surface area contributed by atoms with Gasteiger partial charge in [0.05, 0.1) is 62.9 Å². The Bertz CT molecular complexity index is 4230. The minimum atomic E-state index is -4.96. The van der Waals surface area contributed by atoms with Crippen molar-refractivity contribution in [1.29, 1.82) is 0 Å². The molecule has 5 atom stereocenters. The first-order valence-corrected chi connectivity index (χ1v) is 31.1. The maximum absolute atomic E-state index is 17.1. The minimum Gasteiger partial charge on any atom is -0.462 e. The highest BCUT2D eigenvalue weighted by molar-refractivity contribution is 6.34. The van der Waals surface area contributed by atoms with Gasteiger partial charge in [-0.2, -0.15) is 23.1 Å². The van der Waals surface area contributed by atoms with Crippen LogP contribution >= 0.6 is 11.6 Å². The van der Waals surface area contributed by atoms with Crippen molar-refractivity contribution in [2.45, 2.75) is 122 Å². The molecule has 0 spiro atoms. The van der Waals surface area contributed by atoms with Crippen LogP contribution in [0.4, 0.5) is 43.2 Å². The summed E-state index contributed by atoms with van der Waals surface area (Å²) in [4.78, 5) is 109. The Labute approximate surface area is 534 Å². The maximum Gasteiger partial charge on any atom is 0.418 e. The van der Waals surface area contributed by atoms with Gasteiger partial charge in [-0.3, -0.25) is 14.4 Å². The number of aryl methyl sites for hydroxylation is 2. The molecule has 4 N–H and O–H groups in total. The van der Waals surface area contributed by atoms with Gasteiger partial charge in [-0.05, 0) is 120 Å². The second-order valence-electron chi connectivity index (χ2n) is 24.7. The molecule has 0 bridgehead atoms. The molecule has 492 valence electrons. The quantitative estimate of drug-likeness (QED) is 0.0406. The fourth-order valence-corrected chi connectivity index (χ4v) is 14.5. The summed E-state index contributed by atoms with van der Waals surface area (Å²) in [5, 5.41) is 12.8. The van der Waals surface area contributed by atoms with Gasteiger partial charge in [0, 0.05) is 85.4 Å². The summed E-state index contributed by atoms with van der Waals surface area (Å²) in [6.07, 6.45) is -3.39. The van der Waals surface area contributed by atoms with Gasteiger partial charge in [0.25, 0.3) is 11.5 Å². The number of fused-ring (bicyclic) bond motifs is 6. The van der Waals surface area contributed by atoms with E-state index in [1.807, 2.05) is 7.05 Å². The number of hydrogen-bond acceptors (Lipinski definition) is 18. The van der Waals surface area contributed by atoms with Gasteiger partial charge in [0.2, 0.25) is 11.5 Å². The summed E-state index contributed by atoms with van der Waals surface area (Å²) in [6, 6.07) is 3.18. The molecule has 6 aromatic rings. The number of cyclic esters (lactones) is 1. The van der Waals surface area contributed by atoms with Crippen LogP contribution in [0, 0.1) is 25.5 Å². The number of amides is 4.